The fourth-order valence-electron chi connectivity index (χ4n) is 10.6. The van der Waals surface area contributed by atoms with Crippen LogP contribution < -0.4 is 0 Å². The van der Waals surface area contributed by atoms with Crippen LogP contribution in [0.5, 0.6) is 0 Å². The van der Waals surface area contributed by atoms with Crippen molar-refractivity contribution in [2.75, 3.05) is 13.2 Å². The van der Waals surface area contributed by atoms with Crippen LogP contribution in [0, 0.1) is 46.3 Å². The minimum absolute atomic E-state index is 0.0265. The van der Waals surface area contributed by atoms with Gasteiger partial charge in [0.2, 0.25) is 0 Å². The van der Waals surface area contributed by atoms with Gasteiger partial charge in [-0.2, -0.15) is 0 Å². The topological polar surface area (TPSA) is 213 Å². The van der Waals surface area contributed by atoms with Crippen molar-refractivity contribution in [2.24, 2.45) is 46.3 Å². The number of fused-ring (bicyclic) bond motifs is 5. The van der Waals surface area contributed by atoms with Gasteiger partial charge in [0.05, 0.1) is 19.3 Å². The molecule has 0 aromatic rings. The molecule has 2 aliphatic heterocycles. The van der Waals surface area contributed by atoms with Gasteiger partial charge in [0.25, 0.3) is 0 Å². The summed E-state index contributed by atoms with van der Waals surface area (Å²) in [5.41, 5.74) is 1.06. The Labute approximate surface area is 293 Å². The third kappa shape index (κ3) is 6.90. The first-order chi connectivity index (χ1) is 23.6. The number of ketones is 2. The molecule has 18 atom stereocenters. The van der Waals surface area contributed by atoms with Crippen molar-refractivity contribution in [1.29, 1.82) is 0 Å². The van der Waals surface area contributed by atoms with Gasteiger partial charge in [0.1, 0.15) is 48.2 Å². The lowest BCUT2D eigenvalue weighted by molar-refractivity contribution is -0.341. The van der Waals surface area contributed by atoms with E-state index in [0.717, 1.165) is 32.1 Å². The molecule has 0 spiro atoms. The number of aliphatic hydroxyl groups is 7. The van der Waals surface area contributed by atoms with Gasteiger partial charge >= 0.3 is 0 Å². The summed E-state index contributed by atoms with van der Waals surface area (Å²) in [6, 6.07) is 0. The molecular weight excluding hydrogens is 652 g/mol. The Kier molecular flexibility index (Phi) is 11.4. The lowest BCUT2D eigenvalue weighted by atomic mass is 9.47. The van der Waals surface area contributed by atoms with Gasteiger partial charge < -0.3 is 54.7 Å². The number of hydrogen-bond acceptors (Lipinski definition) is 13. The smallest absolute Gasteiger partial charge is 0.189 e. The van der Waals surface area contributed by atoms with Crippen molar-refractivity contribution in [1.82, 2.24) is 0 Å². The maximum Gasteiger partial charge on any atom is 0.189 e. The van der Waals surface area contributed by atoms with E-state index in [1.807, 2.05) is 13.8 Å². The van der Waals surface area contributed by atoms with E-state index in [-0.39, 0.29) is 65.9 Å². The van der Waals surface area contributed by atoms with Crippen molar-refractivity contribution in [2.45, 2.75) is 147 Å². The highest BCUT2D eigenvalue weighted by atomic mass is 16.7. The highest BCUT2D eigenvalue weighted by molar-refractivity contribution is 5.92. The molecular formula is C37H58O13. The van der Waals surface area contributed by atoms with Crippen LogP contribution in [-0.2, 0) is 28.5 Å². The van der Waals surface area contributed by atoms with Crippen LogP contribution in [-0.4, -0.2) is 122 Å². The van der Waals surface area contributed by atoms with Gasteiger partial charge in [-0.15, -0.1) is 0 Å². The van der Waals surface area contributed by atoms with Crippen LogP contribution in [0.25, 0.3) is 0 Å². The molecule has 4 aliphatic carbocycles. The maximum absolute atomic E-state index is 13.8. The second-order valence-corrected chi connectivity index (χ2v) is 16.8. The van der Waals surface area contributed by atoms with Crippen molar-refractivity contribution in [3.05, 3.63) is 11.6 Å². The number of aliphatic hydroxyl groups excluding tert-OH is 7. The molecule has 0 unspecified atom stereocenters. The van der Waals surface area contributed by atoms with Gasteiger partial charge in [-0.1, -0.05) is 39.3 Å². The summed E-state index contributed by atoms with van der Waals surface area (Å²) < 4.78 is 22.3. The van der Waals surface area contributed by atoms with Crippen LogP contribution in [0.2, 0.25) is 0 Å². The molecule has 0 radical (unpaired) electrons. The van der Waals surface area contributed by atoms with Crippen LogP contribution in [0.3, 0.4) is 0 Å². The highest BCUT2D eigenvalue weighted by Gasteiger charge is 2.62. The fraction of sp³-hybridized carbons (Fsp3) is 0.892. The first kappa shape index (κ1) is 38.4. The summed E-state index contributed by atoms with van der Waals surface area (Å²) in [5.74, 6) is 0.369. The minimum Gasteiger partial charge on any atom is -0.388 e. The molecule has 0 aromatic heterocycles. The predicted octanol–water partition coefficient (Wildman–Crippen LogP) is 0.964. The molecule has 0 bridgehead atoms. The molecule has 50 heavy (non-hydrogen) atoms. The van der Waals surface area contributed by atoms with Crippen LogP contribution in [0.4, 0.5) is 0 Å². The third-order valence-corrected chi connectivity index (χ3v) is 13.7. The summed E-state index contributed by atoms with van der Waals surface area (Å²) in [6.45, 7) is 8.38. The van der Waals surface area contributed by atoms with E-state index >= 15 is 0 Å². The molecule has 5 fully saturated rings. The zero-order valence-electron chi connectivity index (χ0n) is 29.7. The Balaban J connectivity index is 1.04. The van der Waals surface area contributed by atoms with E-state index in [4.69, 9.17) is 18.9 Å². The highest BCUT2D eigenvalue weighted by Crippen LogP contribution is 2.66. The molecule has 6 aliphatic rings. The van der Waals surface area contributed by atoms with Crippen molar-refractivity contribution in [3.63, 3.8) is 0 Å². The number of hydrogen-bond donors (Lipinski definition) is 7. The van der Waals surface area contributed by atoms with E-state index in [2.05, 4.69) is 19.9 Å². The number of carbonyl (C=O) groups is 2. The molecule has 0 amide bonds. The lowest BCUT2D eigenvalue weighted by Crippen LogP contribution is -2.58. The minimum atomic E-state index is -1.68. The lowest BCUT2D eigenvalue weighted by Gasteiger charge is -2.58. The van der Waals surface area contributed by atoms with Crippen molar-refractivity contribution >= 4 is 11.6 Å². The molecule has 284 valence electrons. The van der Waals surface area contributed by atoms with Crippen LogP contribution in [0.15, 0.2) is 11.6 Å². The SMILES string of the molecule is C[C@H](CCC(=O)[C@@H](C)[C@H]1C(=O)C[C@H]2[C@@H]3CC=C4C[C@@H](O[C@@H]5OC[C@@H](O)[C@H](O)[C@H]5O)CC[C@]4(C)[C@H]3CC[C@]12C)CO[C@@H]1O[C@@H](O)[C@H](O)[C@@H](O)[C@H]1O. The Morgan fingerprint density at radius 2 is 1.64 bits per heavy atom. The summed E-state index contributed by atoms with van der Waals surface area (Å²) in [6.07, 6.45) is -3.92. The van der Waals surface area contributed by atoms with E-state index < -0.39 is 61.4 Å². The molecule has 7 N–H and O–H groups in total. The van der Waals surface area contributed by atoms with Gasteiger partial charge in [-0.05, 0) is 79.4 Å². The standard InChI is InChI=1S/C37H58O13/c1-17(15-47-35-32(45)29(42)30(43)33(46)50-35)5-8-24(38)18(2)27-25(39)14-23-21-7-6-19-13-20(49-34-31(44)28(41)26(40)16-48-34)9-11-36(19,3)22(21)10-12-37(23,27)4/h6,17-18,20-23,26-35,40-46H,5,7-16H2,1-4H3/t17-,18-,20+,21-,22+,23+,26-,27+,28+,29-,30-,31-,32-,33-,34+,35-,36+,37+/m1/s1. The van der Waals surface area contributed by atoms with E-state index in [1.165, 1.54) is 5.57 Å². The average molecular weight is 711 g/mol. The van der Waals surface area contributed by atoms with Gasteiger partial charge in [-0.3, -0.25) is 9.59 Å². The first-order valence-corrected chi connectivity index (χ1v) is 18.6. The quantitative estimate of drug-likeness (QED) is 0.158. The molecule has 3 saturated carbocycles. The zero-order chi connectivity index (χ0) is 36.3. The zero-order valence-corrected chi connectivity index (χ0v) is 29.7. The van der Waals surface area contributed by atoms with E-state index in [0.29, 0.717) is 31.1 Å². The number of rotatable bonds is 10. The van der Waals surface area contributed by atoms with Crippen LogP contribution in [0.1, 0.15) is 85.5 Å². The Hall–Kier alpha value is -1.36. The number of ether oxygens (including phenoxy) is 4. The molecule has 2 saturated heterocycles. The summed E-state index contributed by atoms with van der Waals surface area (Å²) in [7, 11) is 0. The maximum atomic E-state index is 13.8. The van der Waals surface area contributed by atoms with E-state index in [1.54, 1.807) is 0 Å². The van der Waals surface area contributed by atoms with Crippen LogP contribution >= 0.6 is 0 Å². The summed E-state index contributed by atoms with van der Waals surface area (Å²) >= 11 is 0. The van der Waals surface area contributed by atoms with E-state index in [9.17, 15) is 45.3 Å². The fourth-order valence-corrected chi connectivity index (χ4v) is 10.6. The van der Waals surface area contributed by atoms with Gasteiger partial charge in [0, 0.05) is 24.7 Å². The molecule has 2 heterocycles. The summed E-state index contributed by atoms with van der Waals surface area (Å²) in [4.78, 5) is 27.4. The predicted molar refractivity (Wildman–Crippen MR) is 176 cm³/mol. The first-order valence-electron chi connectivity index (χ1n) is 18.6. The molecule has 13 heteroatoms. The average Bonchev–Trinajstić information content (AvgIpc) is 3.36. The van der Waals surface area contributed by atoms with Gasteiger partial charge in [0.15, 0.2) is 18.9 Å². The van der Waals surface area contributed by atoms with Crippen molar-refractivity contribution < 1.29 is 64.3 Å². The number of allylic oxidation sites excluding steroid dienone is 1. The Morgan fingerprint density at radius 3 is 2.38 bits per heavy atom. The Bertz CT molecular complexity index is 1280. The normalized spacial score (nSPS) is 48.9. The summed E-state index contributed by atoms with van der Waals surface area (Å²) in [5, 5.41) is 69.7. The van der Waals surface area contributed by atoms with Crippen molar-refractivity contribution in [3.8, 4) is 0 Å². The number of carbonyl (C=O) groups excluding carboxylic acids is 2. The van der Waals surface area contributed by atoms with Gasteiger partial charge in [-0.25, -0.2) is 0 Å². The monoisotopic (exact) mass is 710 g/mol. The second-order valence-electron chi connectivity index (χ2n) is 16.8. The molecule has 6 rings (SSSR count). The molecule has 0 aromatic carbocycles. The Morgan fingerprint density at radius 1 is 0.920 bits per heavy atom. The second kappa shape index (κ2) is 14.8. The number of Topliss-reactive ketones (excluding diaryl/α,β-unsaturated/α-hetero) is 2. The molecule has 13 nitrogen and oxygen atoms in total. The largest absolute Gasteiger partial charge is 0.388 e. The third-order valence-electron chi connectivity index (χ3n) is 13.7.